The molecule has 1 amide bonds. The number of methoxy groups -OCH3 is 1. The maximum atomic E-state index is 13.5. The summed E-state index contributed by atoms with van der Waals surface area (Å²) in [6.07, 6.45) is 5.33. The number of carbonyl (C=O) groups excluding carboxylic acids is 1. The van der Waals surface area contributed by atoms with E-state index in [9.17, 15) is 9.18 Å². The van der Waals surface area contributed by atoms with Crippen LogP contribution < -0.4 is 0 Å². The minimum atomic E-state index is -0.166. The van der Waals surface area contributed by atoms with Gasteiger partial charge in [-0.25, -0.2) is 4.39 Å². The van der Waals surface area contributed by atoms with Crippen molar-refractivity contribution < 1.29 is 13.9 Å². The fourth-order valence-corrected chi connectivity index (χ4v) is 6.38. The average Bonchev–Trinajstić information content (AvgIpc) is 3.76. The molecule has 2 aliphatic rings. The topological polar surface area (TPSA) is 37.7 Å². The molecule has 2 aromatic carbocycles. The molecule has 0 bridgehead atoms. The van der Waals surface area contributed by atoms with Crippen molar-refractivity contribution in [3.8, 4) is 0 Å². The second-order valence-corrected chi connectivity index (χ2v) is 11.4. The van der Waals surface area contributed by atoms with E-state index in [1.807, 2.05) is 58.3 Å². The van der Waals surface area contributed by atoms with Gasteiger partial charge >= 0.3 is 0 Å². The van der Waals surface area contributed by atoms with E-state index in [1.165, 1.54) is 5.56 Å². The van der Waals surface area contributed by atoms with Crippen LogP contribution in [0.3, 0.4) is 0 Å². The Morgan fingerprint density at radius 2 is 1.74 bits per heavy atom. The highest BCUT2D eigenvalue weighted by Crippen LogP contribution is 2.30. The maximum absolute atomic E-state index is 13.5. The van der Waals surface area contributed by atoms with Gasteiger partial charge in [0.15, 0.2) is 0 Å². The summed E-state index contributed by atoms with van der Waals surface area (Å²) in [5.74, 6) is 1.01. The third-order valence-corrected chi connectivity index (χ3v) is 8.63. The largest absolute Gasteiger partial charge is 0.383 e. The summed E-state index contributed by atoms with van der Waals surface area (Å²) in [5.41, 5.74) is 3.05. The summed E-state index contributed by atoms with van der Waals surface area (Å²) < 4.78 is 20.6. The van der Waals surface area contributed by atoms with Crippen molar-refractivity contribution in [2.24, 2.45) is 5.92 Å². The maximum Gasteiger partial charge on any atom is 0.256 e. The Morgan fingerprint density at radius 1 is 0.974 bits per heavy atom. The molecule has 4 heterocycles. The molecule has 2 saturated heterocycles. The minimum Gasteiger partial charge on any atom is -0.383 e. The van der Waals surface area contributed by atoms with Crippen molar-refractivity contribution >= 4 is 28.1 Å². The molecule has 7 heteroatoms. The van der Waals surface area contributed by atoms with Gasteiger partial charge < -0.3 is 19.1 Å². The lowest BCUT2D eigenvalue weighted by molar-refractivity contribution is 0.0783. The third kappa shape index (κ3) is 6.96. The molecule has 2 fully saturated rings. The smallest absolute Gasteiger partial charge is 0.256 e. The van der Waals surface area contributed by atoms with E-state index in [-0.39, 0.29) is 11.7 Å². The number of rotatable bonds is 7. The number of hydrogen-bond donors (Lipinski definition) is 0. The van der Waals surface area contributed by atoms with E-state index in [4.69, 9.17) is 4.74 Å². The number of piperidine rings is 1. The molecule has 5 nitrogen and oxygen atoms in total. The quantitative estimate of drug-likeness (QED) is 0.265. The Bertz CT molecular complexity index is 1300. The predicted molar refractivity (Wildman–Crippen MR) is 157 cm³/mol. The van der Waals surface area contributed by atoms with E-state index in [0.717, 1.165) is 75.0 Å². The Hall–Kier alpha value is -3.00. The Kier molecular flexibility index (Phi) is 9.45. The number of ether oxygens (including phenoxy) is 1. The fraction of sp³-hybridized carbons (Fsp3) is 0.406. The number of nitrogens with zero attached hydrogens (tertiary/aromatic N) is 3. The van der Waals surface area contributed by atoms with Gasteiger partial charge in [0.1, 0.15) is 5.82 Å². The number of para-hydroxylation sites is 1. The van der Waals surface area contributed by atoms with Crippen LogP contribution in [0, 0.1) is 11.7 Å². The van der Waals surface area contributed by atoms with Gasteiger partial charge in [-0.3, -0.25) is 4.79 Å². The molecule has 1 atom stereocenters. The Balaban J connectivity index is 0.000000555. The zero-order chi connectivity index (χ0) is 27.0. The van der Waals surface area contributed by atoms with Gasteiger partial charge in [-0.15, -0.1) is 0 Å². The van der Waals surface area contributed by atoms with Gasteiger partial charge in [-0.05, 0) is 84.8 Å². The van der Waals surface area contributed by atoms with Crippen LogP contribution in [0.15, 0.2) is 77.6 Å². The number of likely N-dealkylation sites (tertiary alicyclic amines) is 2. The average molecular weight is 548 g/mol. The van der Waals surface area contributed by atoms with Crippen LogP contribution in [0.25, 0.3) is 10.9 Å². The number of benzene rings is 2. The molecule has 2 aliphatic heterocycles. The lowest BCUT2D eigenvalue weighted by Crippen LogP contribution is -2.38. The van der Waals surface area contributed by atoms with Crippen molar-refractivity contribution in [1.29, 1.82) is 0 Å². The van der Waals surface area contributed by atoms with E-state index in [1.54, 1.807) is 30.6 Å². The molecule has 6 rings (SSSR count). The lowest BCUT2D eigenvalue weighted by Gasteiger charge is -2.33. The van der Waals surface area contributed by atoms with Crippen molar-refractivity contribution in [3.05, 3.63) is 94.6 Å². The molecule has 0 unspecified atom stereocenters. The minimum absolute atomic E-state index is 0.139. The number of carbonyl (C=O) groups is 1. The van der Waals surface area contributed by atoms with Gasteiger partial charge in [0.2, 0.25) is 0 Å². The SMILES string of the molecule is COCCn1ccc2cccc(C(=O)N3CC[C@H](CN4CCC(c5ccc(F)cc5)CC4)C3)c21.c1ccsc1. The molecule has 206 valence electrons. The second kappa shape index (κ2) is 13.4. The number of halogens is 1. The zero-order valence-electron chi connectivity index (χ0n) is 22.7. The van der Waals surface area contributed by atoms with Crippen molar-refractivity contribution in [2.75, 3.05) is 46.4 Å². The van der Waals surface area contributed by atoms with Crippen LogP contribution in [0.1, 0.15) is 41.1 Å². The first kappa shape index (κ1) is 27.6. The first-order valence-electron chi connectivity index (χ1n) is 13.9. The summed E-state index contributed by atoms with van der Waals surface area (Å²) in [6, 6.07) is 19.1. The van der Waals surface area contributed by atoms with Crippen LogP contribution in [-0.4, -0.2) is 66.7 Å². The van der Waals surface area contributed by atoms with Gasteiger partial charge in [0.25, 0.3) is 5.91 Å². The predicted octanol–water partition coefficient (Wildman–Crippen LogP) is 6.52. The molecule has 0 aliphatic carbocycles. The molecular formula is C32H38FN3O2S. The summed E-state index contributed by atoms with van der Waals surface area (Å²) >= 11 is 1.71. The summed E-state index contributed by atoms with van der Waals surface area (Å²) in [4.78, 5) is 18.1. The van der Waals surface area contributed by atoms with E-state index < -0.39 is 0 Å². The molecule has 2 aromatic heterocycles. The molecular weight excluding hydrogens is 509 g/mol. The third-order valence-electron chi connectivity index (χ3n) is 8.00. The highest BCUT2D eigenvalue weighted by molar-refractivity contribution is 7.07. The first-order valence-corrected chi connectivity index (χ1v) is 14.9. The van der Waals surface area contributed by atoms with E-state index in [0.29, 0.717) is 18.4 Å². The van der Waals surface area contributed by atoms with Crippen molar-refractivity contribution in [2.45, 2.75) is 31.7 Å². The molecule has 39 heavy (non-hydrogen) atoms. The number of hydrogen-bond acceptors (Lipinski definition) is 4. The van der Waals surface area contributed by atoms with Crippen LogP contribution in [0.5, 0.6) is 0 Å². The standard InChI is InChI=1S/C28H34FN3O2.C4H4S/c1-34-18-17-31-16-12-24-3-2-4-26(27(24)31)28(33)32-15-9-21(20-32)19-30-13-10-23(11-14-30)22-5-7-25(29)8-6-22;1-2-4-5-3-1/h2-8,12,16,21,23H,9-11,13-15,17-20H2,1H3;1-4H/t21-;/m1./s1. The monoisotopic (exact) mass is 547 g/mol. The van der Waals surface area contributed by atoms with Crippen molar-refractivity contribution in [1.82, 2.24) is 14.4 Å². The second-order valence-electron chi connectivity index (χ2n) is 10.6. The summed E-state index contributed by atoms with van der Waals surface area (Å²) in [5, 5.41) is 5.18. The van der Waals surface area contributed by atoms with Gasteiger partial charge in [0, 0.05) is 44.9 Å². The zero-order valence-corrected chi connectivity index (χ0v) is 23.5. The molecule has 0 radical (unpaired) electrons. The molecule has 0 N–H and O–H groups in total. The van der Waals surface area contributed by atoms with Crippen LogP contribution in [-0.2, 0) is 11.3 Å². The summed E-state index contributed by atoms with van der Waals surface area (Å²) in [7, 11) is 1.70. The fourth-order valence-electron chi connectivity index (χ4n) is 5.92. The number of amides is 1. The number of thiophene rings is 1. The van der Waals surface area contributed by atoms with Crippen LogP contribution >= 0.6 is 11.3 Å². The van der Waals surface area contributed by atoms with Gasteiger partial charge in [-0.1, -0.05) is 36.4 Å². The Labute approximate surface area is 234 Å². The van der Waals surface area contributed by atoms with Gasteiger partial charge in [0.05, 0.1) is 17.7 Å². The molecule has 0 saturated carbocycles. The highest BCUT2D eigenvalue weighted by Gasteiger charge is 2.30. The first-order chi connectivity index (χ1) is 19.1. The number of fused-ring (bicyclic) bond motifs is 1. The number of aromatic nitrogens is 1. The van der Waals surface area contributed by atoms with E-state index in [2.05, 4.69) is 21.6 Å². The molecule has 0 spiro atoms. The lowest BCUT2D eigenvalue weighted by atomic mass is 9.89. The Morgan fingerprint density at radius 3 is 2.44 bits per heavy atom. The normalized spacial score (nSPS) is 18.3. The van der Waals surface area contributed by atoms with Crippen LogP contribution in [0.4, 0.5) is 4.39 Å². The highest BCUT2D eigenvalue weighted by atomic mass is 32.1. The molecule has 4 aromatic rings. The van der Waals surface area contributed by atoms with Gasteiger partial charge in [-0.2, -0.15) is 11.3 Å². The van der Waals surface area contributed by atoms with E-state index >= 15 is 0 Å². The summed E-state index contributed by atoms with van der Waals surface area (Å²) in [6.45, 7) is 6.19. The van der Waals surface area contributed by atoms with Crippen LogP contribution in [0.2, 0.25) is 0 Å². The van der Waals surface area contributed by atoms with Crippen molar-refractivity contribution in [3.63, 3.8) is 0 Å².